The van der Waals surface area contributed by atoms with Gasteiger partial charge in [-0.3, -0.25) is 4.79 Å². The first-order chi connectivity index (χ1) is 7.85. The second kappa shape index (κ2) is 6.94. The Bertz CT molecular complexity index is 273. The number of carbonyl (C=O) groups excluding carboxylic acids is 1. The average Bonchev–Trinajstić information content (AvgIpc) is 2.27. The second-order valence-corrected chi connectivity index (χ2v) is 5.33. The van der Waals surface area contributed by atoms with E-state index in [0.717, 1.165) is 6.54 Å². The largest absolute Gasteiger partial charge is 0.392 e. The van der Waals surface area contributed by atoms with Crippen molar-refractivity contribution in [1.29, 1.82) is 0 Å². The Morgan fingerprint density at radius 1 is 1.29 bits per heavy atom. The minimum absolute atomic E-state index is 0.0891. The molecule has 100 valence electrons. The maximum Gasteiger partial charge on any atom is 0.235 e. The molecule has 0 aliphatic rings. The second-order valence-electron chi connectivity index (χ2n) is 4.89. The van der Waals surface area contributed by atoms with Crippen molar-refractivity contribution in [3.63, 3.8) is 0 Å². The van der Waals surface area contributed by atoms with Crippen molar-refractivity contribution in [1.82, 2.24) is 4.90 Å². The molecule has 0 atom stereocenters. The highest BCUT2D eigenvalue weighted by Gasteiger charge is 2.40. The number of nitrogens with two attached hydrogens (primary N) is 1. The van der Waals surface area contributed by atoms with E-state index in [1.165, 1.54) is 0 Å². The summed E-state index contributed by atoms with van der Waals surface area (Å²) >= 11 is 5.11. The Balaban J connectivity index is 5.12. The number of amides is 1. The van der Waals surface area contributed by atoms with Crippen LogP contribution >= 0.6 is 12.2 Å². The summed E-state index contributed by atoms with van der Waals surface area (Å²) in [5.41, 5.74) is 5.15. The number of thiocarbonyl (C=S) groups is 1. The van der Waals surface area contributed by atoms with Gasteiger partial charge < -0.3 is 10.6 Å². The summed E-state index contributed by atoms with van der Waals surface area (Å²) in [6.07, 6.45) is 1.35. The first-order valence-electron chi connectivity index (χ1n) is 6.44. The SMILES string of the molecule is CCN(CC(C)C)C(=O)C(CC)(CC)C(N)=S. The molecule has 0 aliphatic heterocycles. The van der Waals surface area contributed by atoms with Crippen LogP contribution in [-0.2, 0) is 4.79 Å². The summed E-state index contributed by atoms with van der Waals surface area (Å²) in [5.74, 6) is 0.544. The lowest BCUT2D eigenvalue weighted by molar-refractivity contribution is -0.139. The molecule has 2 N–H and O–H groups in total. The molecular formula is C13H26N2OS. The normalized spacial score (nSPS) is 11.6. The van der Waals surface area contributed by atoms with E-state index in [0.29, 0.717) is 30.3 Å². The van der Waals surface area contributed by atoms with Crippen LogP contribution in [0.25, 0.3) is 0 Å². The molecule has 4 heteroatoms. The summed E-state index contributed by atoms with van der Waals surface area (Å²) in [4.78, 5) is 14.8. The number of hydrogen-bond donors (Lipinski definition) is 1. The zero-order valence-electron chi connectivity index (χ0n) is 11.7. The minimum Gasteiger partial charge on any atom is -0.392 e. The molecule has 1 amide bonds. The third kappa shape index (κ3) is 3.66. The third-order valence-electron chi connectivity index (χ3n) is 3.34. The lowest BCUT2D eigenvalue weighted by atomic mass is 9.80. The van der Waals surface area contributed by atoms with Crippen LogP contribution in [0.15, 0.2) is 0 Å². The van der Waals surface area contributed by atoms with Crippen molar-refractivity contribution in [2.75, 3.05) is 13.1 Å². The molecule has 0 saturated carbocycles. The lowest BCUT2D eigenvalue weighted by Crippen LogP contribution is -2.50. The van der Waals surface area contributed by atoms with Crippen LogP contribution in [0.2, 0.25) is 0 Å². The van der Waals surface area contributed by atoms with Gasteiger partial charge in [0, 0.05) is 13.1 Å². The Labute approximate surface area is 111 Å². The predicted octanol–water partition coefficient (Wildman–Crippen LogP) is 2.58. The molecule has 0 aromatic heterocycles. The molecule has 0 aliphatic carbocycles. The van der Waals surface area contributed by atoms with E-state index >= 15 is 0 Å². The van der Waals surface area contributed by atoms with Gasteiger partial charge in [0.25, 0.3) is 0 Å². The fourth-order valence-corrected chi connectivity index (χ4v) is 2.48. The Morgan fingerprint density at radius 2 is 1.76 bits per heavy atom. The monoisotopic (exact) mass is 258 g/mol. The molecule has 3 nitrogen and oxygen atoms in total. The van der Waals surface area contributed by atoms with E-state index in [-0.39, 0.29) is 5.91 Å². The molecular weight excluding hydrogens is 232 g/mol. The van der Waals surface area contributed by atoms with Gasteiger partial charge in [-0.1, -0.05) is 39.9 Å². The Morgan fingerprint density at radius 3 is 2.00 bits per heavy atom. The Kier molecular flexibility index (Phi) is 6.68. The first kappa shape index (κ1) is 16.4. The van der Waals surface area contributed by atoms with E-state index in [2.05, 4.69) is 13.8 Å². The van der Waals surface area contributed by atoms with E-state index in [4.69, 9.17) is 18.0 Å². The number of nitrogens with zero attached hydrogens (tertiary/aromatic N) is 1. The molecule has 0 spiro atoms. The molecule has 0 unspecified atom stereocenters. The maximum absolute atomic E-state index is 12.6. The van der Waals surface area contributed by atoms with Crippen LogP contribution in [-0.4, -0.2) is 28.9 Å². The van der Waals surface area contributed by atoms with Crippen molar-refractivity contribution in [2.45, 2.75) is 47.5 Å². The zero-order chi connectivity index (χ0) is 13.6. The minimum atomic E-state index is -0.653. The van der Waals surface area contributed by atoms with Crippen molar-refractivity contribution < 1.29 is 4.79 Å². The van der Waals surface area contributed by atoms with Crippen LogP contribution < -0.4 is 5.73 Å². The molecule has 0 aromatic rings. The smallest absolute Gasteiger partial charge is 0.235 e. The predicted molar refractivity (Wildman–Crippen MR) is 76.9 cm³/mol. The van der Waals surface area contributed by atoms with Crippen molar-refractivity contribution >= 4 is 23.1 Å². The molecule has 0 aromatic carbocycles. The molecule has 0 fully saturated rings. The third-order valence-corrected chi connectivity index (χ3v) is 3.73. The van der Waals surface area contributed by atoms with E-state index in [1.807, 2.05) is 25.7 Å². The number of carbonyl (C=O) groups is 1. The molecule has 0 saturated heterocycles. The van der Waals surface area contributed by atoms with Gasteiger partial charge >= 0.3 is 0 Å². The van der Waals surface area contributed by atoms with Crippen LogP contribution in [0.3, 0.4) is 0 Å². The average molecular weight is 258 g/mol. The summed E-state index contributed by atoms with van der Waals surface area (Å²) < 4.78 is 0. The van der Waals surface area contributed by atoms with Gasteiger partial charge in [0.05, 0.1) is 10.4 Å². The lowest BCUT2D eigenvalue weighted by Gasteiger charge is -2.35. The van der Waals surface area contributed by atoms with Gasteiger partial charge in [-0.25, -0.2) is 0 Å². The van der Waals surface area contributed by atoms with Crippen molar-refractivity contribution in [2.24, 2.45) is 17.1 Å². The van der Waals surface area contributed by atoms with Gasteiger partial charge in [0.2, 0.25) is 5.91 Å². The molecule has 17 heavy (non-hydrogen) atoms. The summed E-state index contributed by atoms with van der Waals surface area (Å²) in [6, 6.07) is 0. The maximum atomic E-state index is 12.6. The highest BCUT2D eigenvalue weighted by molar-refractivity contribution is 7.80. The van der Waals surface area contributed by atoms with Gasteiger partial charge in [-0.2, -0.15) is 0 Å². The van der Waals surface area contributed by atoms with Crippen LogP contribution in [0.1, 0.15) is 47.5 Å². The topological polar surface area (TPSA) is 46.3 Å². The van der Waals surface area contributed by atoms with E-state index in [9.17, 15) is 4.79 Å². The van der Waals surface area contributed by atoms with Crippen molar-refractivity contribution in [3.8, 4) is 0 Å². The standard InChI is InChI=1S/C13H26N2OS/c1-6-13(7-2,11(14)17)12(16)15(8-3)9-10(4)5/h10H,6-9H2,1-5H3,(H2,14,17). The first-order valence-corrected chi connectivity index (χ1v) is 6.85. The van der Waals surface area contributed by atoms with E-state index < -0.39 is 5.41 Å². The molecule has 0 rings (SSSR count). The molecule has 0 heterocycles. The molecule has 0 bridgehead atoms. The zero-order valence-corrected chi connectivity index (χ0v) is 12.6. The van der Waals surface area contributed by atoms with E-state index in [1.54, 1.807) is 0 Å². The molecule has 0 radical (unpaired) electrons. The van der Waals surface area contributed by atoms with Gasteiger partial charge in [-0.15, -0.1) is 0 Å². The van der Waals surface area contributed by atoms with Crippen LogP contribution in [0.5, 0.6) is 0 Å². The quantitative estimate of drug-likeness (QED) is 0.714. The number of hydrogen-bond acceptors (Lipinski definition) is 2. The van der Waals surface area contributed by atoms with Gasteiger partial charge in [0.15, 0.2) is 0 Å². The fraction of sp³-hybridized carbons (Fsp3) is 0.846. The fourth-order valence-electron chi connectivity index (χ4n) is 2.11. The van der Waals surface area contributed by atoms with Crippen LogP contribution in [0, 0.1) is 11.3 Å². The summed E-state index contributed by atoms with van der Waals surface area (Å²) in [7, 11) is 0. The van der Waals surface area contributed by atoms with Crippen LogP contribution in [0.4, 0.5) is 0 Å². The van der Waals surface area contributed by atoms with Crippen molar-refractivity contribution in [3.05, 3.63) is 0 Å². The summed E-state index contributed by atoms with van der Waals surface area (Å²) in [6.45, 7) is 11.6. The van der Waals surface area contributed by atoms with Gasteiger partial charge in [0.1, 0.15) is 0 Å². The highest BCUT2D eigenvalue weighted by atomic mass is 32.1. The highest BCUT2D eigenvalue weighted by Crippen LogP contribution is 2.30. The number of rotatable bonds is 7. The summed E-state index contributed by atoms with van der Waals surface area (Å²) in [5, 5.41) is 0. The van der Waals surface area contributed by atoms with Gasteiger partial charge in [-0.05, 0) is 25.7 Å². The Hall–Kier alpha value is -0.640.